The molecule has 0 radical (unpaired) electrons. The molecule has 3 heteroatoms. The minimum atomic E-state index is -0.260. The standard InChI is InChI=1S/C16H17NO2/c1-13-7-9-15(10-8-13)17-11-16(18)19-12-14-5-3-2-4-6-14/h2-10,17H,11-12H2,1H3. The first-order valence-electron chi connectivity index (χ1n) is 6.24. The lowest BCUT2D eigenvalue weighted by molar-refractivity contribution is -0.142. The molecule has 0 heterocycles. The van der Waals surface area contributed by atoms with E-state index >= 15 is 0 Å². The third-order valence-corrected chi connectivity index (χ3v) is 2.73. The number of carbonyl (C=O) groups is 1. The van der Waals surface area contributed by atoms with Gasteiger partial charge in [0.2, 0.25) is 0 Å². The highest BCUT2D eigenvalue weighted by Crippen LogP contribution is 2.08. The lowest BCUT2D eigenvalue weighted by Gasteiger charge is -2.07. The maximum absolute atomic E-state index is 11.6. The molecule has 0 saturated carbocycles. The lowest BCUT2D eigenvalue weighted by atomic mass is 10.2. The summed E-state index contributed by atoms with van der Waals surface area (Å²) >= 11 is 0. The van der Waals surface area contributed by atoms with Crippen molar-refractivity contribution in [3.63, 3.8) is 0 Å². The molecule has 19 heavy (non-hydrogen) atoms. The SMILES string of the molecule is Cc1ccc(NCC(=O)OCc2ccccc2)cc1. The topological polar surface area (TPSA) is 38.3 Å². The fourth-order valence-electron chi connectivity index (χ4n) is 1.63. The largest absolute Gasteiger partial charge is 0.460 e. The highest BCUT2D eigenvalue weighted by atomic mass is 16.5. The predicted molar refractivity (Wildman–Crippen MR) is 75.9 cm³/mol. The zero-order chi connectivity index (χ0) is 13.5. The summed E-state index contributed by atoms with van der Waals surface area (Å²) in [6.07, 6.45) is 0. The van der Waals surface area contributed by atoms with Crippen LogP contribution in [-0.4, -0.2) is 12.5 Å². The van der Waals surface area contributed by atoms with Crippen LogP contribution >= 0.6 is 0 Å². The monoisotopic (exact) mass is 255 g/mol. The van der Waals surface area contributed by atoms with Crippen molar-refractivity contribution in [2.45, 2.75) is 13.5 Å². The second kappa shape index (κ2) is 6.59. The molecule has 98 valence electrons. The quantitative estimate of drug-likeness (QED) is 0.834. The molecule has 0 fully saturated rings. The first-order chi connectivity index (χ1) is 9.24. The predicted octanol–water partition coefficient (Wildman–Crippen LogP) is 3.15. The number of carbonyl (C=O) groups excluding carboxylic acids is 1. The van der Waals surface area contributed by atoms with Crippen molar-refractivity contribution in [3.05, 3.63) is 65.7 Å². The van der Waals surface area contributed by atoms with Crippen molar-refractivity contribution in [2.75, 3.05) is 11.9 Å². The van der Waals surface area contributed by atoms with E-state index in [2.05, 4.69) is 5.32 Å². The number of hydrogen-bond acceptors (Lipinski definition) is 3. The van der Waals surface area contributed by atoms with Crippen LogP contribution in [0.1, 0.15) is 11.1 Å². The Morgan fingerprint density at radius 2 is 1.74 bits per heavy atom. The van der Waals surface area contributed by atoms with Crippen LogP contribution in [0.15, 0.2) is 54.6 Å². The Balaban J connectivity index is 1.74. The summed E-state index contributed by atoms with van der Waals surface area (Å²) in [6.45, 7) is 2.52. The van der Waals surface area contributed by atoms with Crippen molar-refractivity contribution in [1.29, 1.82) is 0 Å². The Morgan fingerprint density at radius 3 is 2.42 bits per heavy atom. The zero-order valence-electron chi connectivity index (χ0n) is 10.9. The summed E-state index contributed by atoms with van der Waals surface area (Å²) in [7, 11) is 0. The molecule has 0 aliphatic carbocycles. The van der Waals surface area contributed by atoms with Crippen LogP contribution in [0.25, 0.3) is 0 Å². The van der Waals surface area contributed by atoms with Gasteiger partial charge in [-0.05, 0) is 24.6 Å². The average Bonchev–Trinajstić information content (AvgIpc) is 2.45. The number of rotatable bonds is 5. The molecule has 2 aromatic rings. The molecule has 0 amide bonds. The summed E-state index contributed by atoms with van der Waals surface area (Å²) in [5.74, 6) is -0.260. The number of aryl methyl sites for hydroxylation is 1. The van der Waals surface area contributed by atoms with Gasteiger partial charge in [0, 0.05) is 5.69 Å². The van der Waals surface area contributed by atoms with Crippen molar-refractivity contribution in [3.8, 4) is 0 Å². The van der Waals surface area contributed by atoms with E-state index in [1.54, 1.807) is 0 Å². The van der Waals surface area contributed by atoms with Gasteiger partial charge in [0.1, 0.15) is 13.2 Å². The van der Waals surface area contributed by atoms with E-state index in [-0.39, 0.29) is 12.5 Å². The normalized spacial score (nSPS) is 9.95. The van der Waals surface area contributed by atoms with Crippen LogP contribution in [0.3, 0.4) is 0 Å². The van der Waals surface area contributed by atoms with Gasteiger partial charge >= 0.3 is 5.97 Å². The van der Waals surface area contributed by atoms with Crippen LogP contribution in [0.2, 0.25) is 0 Å². The molecular weight excluding hydrogens is 238 g/mol. The first kappa shape index (κ1) is 13.1. The third-order valence-electron chi connectivity index (χ3n) is 2.73. The van der Waals surface area contributed by atoms with Crippen LogP contribution in [0.5, 0.6) is 0 Å². The first-order valence-corrected chi connectivity index (χ1v) is 6.24. The van der Waals surface area contributed by atoms with Gasteiger partial charge in [-0.2, -0.15) is 0 Å². The van der Waals surface area contributed by atoms with E-state index in [0.29, 0.717) is 6.61 Å². The molecule has 2 aromatic carbocycles. The van der Waals surface area contributed by atoms with Crippen LogP contribution in [0, 0.1) is 6.92 Å². The summed E-state index contributed by atoms with van der Waals surface area (Å²) in [6, 6.07) is 17.5. The van der Waals surface area contributed by atoms with E-state index < -0.39 is 0 Å². The van der Waals surface area contributed by atoms with Crippen LogP contribution in [-0.2, 0) is 16.1 Å². The fraction of sp³-hybridized carbons (Fsp3) is 0.188. The van der Waals surface area contributed by atoms with E-state index in [4.69, 9.17) is 4.74 Å². The minimum Gasteiger partial charge on any atom is -0.460 e. The molecule has 2 rings (SSSR count). The molecule has 0 aromatic heterocycles. The van der Waals surface area contributed by atoms with Gasteiger partial charge in [0.25, 0.3) is 0 Å². The molecule has 0 spiro atoms. The highest BCUT2D eigenvalue weighted by Gasteiger charge is 2.02. The molecule has 0 atom stereocenters. The van der Waals surface area contributed by atoms with Crippen molar-refractivity contribution in [1.82, 2.24) is 0 Å². The van der Waals surface area contributed by atoms with Gasteiger partial charge in [-0.1, -0.05) is 48.0 Å². The van der Waals surface area contributed by atoms with Gasteiger partial charge < -0.3 is 10.1 Å². The van der Waals surface area contributed by atoms with Gasteiger partial charge in [-0.15, -0.1) is 0 Å². The number of ether oxygens (including phenoxy) is 1. The number of anilines is 1. The Hall–Kier alpha value is -2.29. The second-order valence-electron chi connectivity index (χ2n) is 4.37. The highest BCUT2D eigenvalue weighted by molar-refractivity contribution is 5.75. The second-order valence-corrected chi connectivity index (χ2v) is 4.37. The number of hydrogen-bond donors (Lipinski definition) is 1. The maximum Gasteiger partial charge on any atom is 0.325 e. The Kier molecular flexibility index (Phi) is 4.56. The summed E-state index contributed by atoms with van der Waals surface area (Å²) in [5.41, 5.74) is 3.10. The maximum atomic E-state index is 11.6. The number of nitrogens with one attached hydrogen (secondary N) is 1. The molecule has 0 unspecified atom stereocenters. The molecule has 1 N–H and O–H groups in total. The molecule has 0 aliphatic rings. The lowest BCUT2D eigenvalue weighted by Crippen LogP contribution is -2.16. The van der Waals surface area contributed by atoms with Crippen LogP contribution in [0.4, 0.5) is 5.69 Å². The molecule has 0 bridgehead atoms. The zero-order valence-corrected chi connectivity index (χ0v) is 10.9. The van der Waals surface area contributed by atoms with E-state index in [9.17, 15) is 4.79 Å². The van der Waals surface area contributed by atoms with E-state index in [1.807, 2.05) is 61.5 Å². The molecular formula is C16H17NO2. The Morgan fingerprint density at radius 1 is 1.05 bits per heavy atom. The minimum absolute atomic E-state index is 0.176. The number of benzene rings is 2. The van der Waals surface area contributed by atoms with E-state index in [1.165, 1.54) is 5.56 Å². The number of esters is 1. The molecule has 0 aliphatic heterocycles. The average molecular weight is 255 g/mol. The Bertz CT molecular complexity index is 520. The Labute approximate surface area is 113 Å². The smallest absolute Gasteiger partial charge is 0.325 e. The summed E-state index contributed by atoms with van der Waals surface area (Å²) < 4.78 is 5.17. The molecule has 3 nitrogen and oxygen atoms in total. The third kappa shape index (κ3) is 4.47. The summed E-state index contributed by atoms with van der Waals surface area (Å²) in [5, 5.41) is 3.03. The molecule has 0 saturated heterocycles. The van der Waals surface area contributed by atoms with Gasteiger partial charge in [-0.3, -0.25) is 4.79 Å². The van der Waals surface area contributed by atoms with E-state index in [0.717, 1.165) is 11.3 Å². The van der Waals surface area contributed by atoms with Gasteiger partial charge in [0.05, 0.1) is 0 Å². The van der Waals surface area contributed by atoms with Gasteiger partial charge in [-0.25, -0.2) is 0 Å². The van der Waals surface area contributed by atoms with Crippen LogP contribution < -0.4 is 5.32 Å². The van der Waals surface area contributed by atoms with Gasteiger partial charge in [0.15, 0.2) is 0 Å². The summed E-state index contributed by atoms with van der Waals surface area (Å²) in [4.78, 5) is 11.6. The van der Waals surface area contributed by atoms with Crippen molar-refractivity contribution in [2.24, 2.45) is 0 Å². The fourth-order valence-corrected chi connectivity index (χ4v) is 1.63. The van der Waals surface area contributed by atoms with Crippen molar-refractivity contribution >= 4 is 11.7 Å². The van der Waals surface area contributed by atoms with Crippen molar-refractivity contribution < 1.29 is 9.53 Å².